The standard InChI is InChI=1S/C22H27FN4O/c1-2-26-11-13-27(14-12-26)18-6-3-16(4-7-18)22(28)25-20-8-5-17-15-24-10-9-19(17)21(20)23/h3-8,24H,2,9-15H2,1H3,(H,25,28). The Labute approximate surface area is 165 Å². The summed E-state index contributed by atoms with van der Waals surface area (Å²) in [5.74, 6) is -0.590. The van der Waals surface area contributed by atoms with Gasteiger partial charge in [-0.2, -0.15) is 0 Å². The number of nitrogens with one attached hydrogen (secondary N) is 2. The number of carbonyl (C=O) groups excluding carboxylic acids is 1. The van der Waals surface area contributed by atoms with Crippen LogP contribution in [0.5, 0.6) is 0 Å². The SMILES string of the molecule is CCN1CCN(c2ccc(C(=O)Nc3ccc4c(c3F)CCNC4)cc2)CC1. The first-order valence-electron chi connectivity index (χ1n) is 10.1. The van der Waals surface area contributed by atoms with Crippen molar-refractivity contribution in [2.75, 3.05) is 49.5 Å². The molecule has 28 heavy (non-hydrogen) atoms. The number of piperazine rings is 1. The molecular formula is C22H27FN4O. The van der Waals surface area contributed by atoms with Gasteiger partial charge in [0.25, 0.3) is 5.91 Å². The lowest BCUT2D eigenvalue weighted by molar-refractivity contribution is 0.102. The number of benzene rings is 2. The smallest absolute Gasteiger partial charge is 0.255 e. The number of hydrogen-bond donors (Lipinski definition) is 2. The normalized spacial score (nSPS) is 17.3. The predicted molar refractivity (Wildman–Crippen MR) is 111 cm³/mol. The maximum absolute atomic E-state index is 14.7. The lowest BCUT2D eigenvalue weighted by atomic mass is 9.99. The molecule has 1 amide bonds. The van der Waals surface area contributed by atoms with E-state index in [0.29, 0.717) is 24.1 Å². The molecule has 4 rings (SSSR count). The first kappa shape index (κ1) is 18.9. The van der Waals surface area contributed by atoms with Crippen LogP contribution in [0.2, 0.25) is 0 Å². The van der Waals surface area contributed by atoms with Crippen molar-refractivity contribution in [3.63, 3.8) is 0 Å². The van der Waals surface area contributed by atoms with Gasteiger partial charge >= 0.3 is 0 Å². The Hall–Kier alpha value is -2.44. The van der Waals surface area contributed by atoms with Crippen LogP contribution in [0, 0.1) is 5.82 Å². The van der Waals surface area contributed by atoms with Gasteiger partial charge in [-0.05, 0) is 61.0 Å². The second-order valence-electron chi connectivity index (χ2n) is 7.41. The minimum atomic E-state index is -0.308. The second-order valence-corrected chi connectivity index (χ2v) is 7.41. The Bertz CT molecular complexity index is 844. The Morgan fingerprint density at radius 3 is 2.57 bits per heavy atom. The van der Waals surface area contributed by atoms with Crippen molar-refractivity contribution in [1.29, 1.82) is 0 Å². The molecule has 0 saturated carbocycles. The largest absolute Gasteiger partial charge is 0.369 e. The van der Waals surface area contributed by atoms with Crippen LogP contribution in [0.4, 0.5) is 15.8 Å². The molecule has 2 heterocycles. The molecule has 2 aromatic carbocycles. The average Bonchev–Trinajstić information content (AvgIpc) is 2.76. The highest BCUT2D eigenvalue weighted by Gasteiger charge is 2.19. The van der Waals surface area contributed by atoms with Crippen LogP contribution in [-0.4, -0.2) is 50.1 Å². The number of halogens is 1. The summed E-state index contributed by atoms with van der Waals surface area (Å²) in [7, 11) is 0. The van der Waals surface area contributed by atoms with E-state index in [1.165, 1.54) is 0 Å². The summed E-state index contributed by atoms with van der Waals surface area (Å²) in [5, 5.41) is 5.97. The maximum Gasteiger partial charge on any atom is 0.255 e. The van der Waals surface area contributed by atoms with Crippen LogP contribution in [-0.2, 0) is 13.0 Å². The third-order valence-electron chi connectivity index (χ3n) is 5.77. The minimum absolute atomic E-state index is 0.255. The number of likely N-dealkylation sites (N-methyl/N-ethyl adjacent to an activating group) is 1. The predicted octanol–water partition coefficient (Wildman–Crippen LogP) is 2.87. The molecule has 1 saturated heterocycles. The van der Waals surface area contributed by atoms with Gasteiger partial charge in [0.1, 0.15) is 5.82 Å². The maximum atomic E-state index is 14.7. The Kier molecular flexibility index (Phi) is 5.59. The number of amides is 1. The van der Waals surface area contributed by atoms with E-state index in [2.05, 4.69) is 27.4 Å². The summed E-state index contributed by atoms with van der Waals surface area (Å²) in [6, 6.07) is 11.1. The Balaban J connectivity index is 1.43. The van der Waals surface area contributed by atoms with Crippen LogP contribution in [0.3, 0.4) is 0 Å². The molecule has 0 aliphatic carbocycles. The fourth-order valence-corrected chi connectivity index (χ4v) is 3.97. The molecule has 2 aliphatic rings. The van der Waals surface area contributed by atoms with Gasteiger partial charge in [0.2, 0.25) is 0 Å². The quantitative estimate of drug-likeness (QED) is 0.854. The van der Waals surface area contributed by atoms with Crippen LogP contribution in [0.1, 0.15) is 28.4 Å². The molecule has 2 N–H and O–H groups in total. The summed E-state index contributed by atoms with van der Waals surface area (Å²) in [6.07, 6.45) is 0.644. The Morgan fingerprint density at radius 2 is 1.86 bits per heavy atom. The first-order chi connectivity index (χ1) is 13.7. The molecular weight excluding hydrogens is 355 g/mol. The van der Waals surface area contributed by atoms with Crippen molar-refractivity contribution >= 4 is 17.3 Å². The van der Waals surface area contributed by atoms with Crippen LogP contribution < -0.4 is 15.5 Å². The Morgan fingerprint density at radius 1 is 1.11 bits per heavy atom. The van der Waals surface area contributed by atoms with E-state index in [9.17, 15) is 9.18 Å². The van der Waals surface area contributed by atoms with Crippen LogP contribution in [0.25, 0.3) is 0 Å². The number of fused-ring (bicyclic) bond motifs is 1. The van der Waals surface area contributed by atoms with Gasteiger partial charge in [-0.3, -0.25) is 4.79 Å². The summed E-state index contributed by atoms with van der Waals surface area (Å²) >= 11 is 0. The van der Waals surface area contributed by atoms with E-state index in [1.54, 1.807) is 6.07 Å². The third kappa shape index (κ3) is 3.88. The molecule has 2 aliphatic heterocycles. The second kappa shape index (κ2) is 8.29. The topological polar surface area (TPSA) is 47.6 Å². The highest BCUT2D eigenvalue weighted by molar-refractivity contribution is 6.04. The van der Waals surface area contributed by atoms with E-state index in [1.807, 2.05) is 30.3 Å². The van der Waals surface area contributed by atoms with Gasteiger partial charge in [0.05, 0.1) is 5.69 Å². The van der Waals surface area contributed by atoms with E-state index in [-0.39, 0.29) is 17.4 Å². The molecule has 0 unspecified atom stereocenters. The lowest BCUT2D eigenvalue weighted by Gasteiger charge is -2.35. The van der Waals surface area contributed by atoms with Crippen LogP contribution >= 0.6 is 0 Å². The molecule has 0 bridgehead atoms. The molecule has 0 atom stereocenters. The van der Waals surface area contributed by atoms with Gasteiger partial charge in [-0.1, -0.05) is 13.0 Å². The van der Waals surface area contributed by atoms with Gasteiger partial charge in [0.15, 0.2) is 0 Å². The molecule has 0 spiro atoms. The van der Waals surface area contributed by atoms with Gasteiger partial charge < -0.3 is 20.4 Å². The van der Waals surface area contributed by atoms with Crippen molar-refractivity contribution in [2.45, 2.75) is 19.9 Å². The zero-order valence-electron chi connectivity index (χ0n) is 16.3. The number of anilines is 2. The van der Waals surface area contributed by atoms with Gasteiger partial charge in [-0.25, -0.2) is 4.39 Å². The van der Waals surface area contributed by atoms with Crippen molar-refractivity contribution in [3.05, 3.63) is 58.9 Å². The van der Waals surface area contributed by atoms with Crippen LogP contribution in [0.15, 0.2) is 36.4 Å². The van der Waals surface area contributed by atoms with Gasteiger partial charge in [-0.15, -0.1) is 0 Å². The highest BCUT2D eigenvalue weighted by Crippen LogP contribution is 2.25. The van der Waals surface area contributed by atoms with Crippen molar-refractivity contribution in [1.82, 2.24) is 10.2 Å². The zero-order chi connectivity index (χ0) is 19.5. The van der Waals surface area contributed by atoms with E-state index >= 15 is 0 Å². The van der Waals surface area contributed by atoms with Crippen molar-refractivity contribution in [3.8, 4) is 0 Å². The number of carbonyl (C=O) groups is 1. The van der Waals surface area contributed by atoms with Gasteiger partial charge in [0, 0.05) is 44.0 Å². The fourth-order valence-electron chi connectivity index (χ4n) is 3.97. The minimum Gasteiger partial charge on any atom is -0.369 e. The van der Waals surface area contributed by atoms with Crippen molar-refractivity contribution in [2.24, 2.45) is 0 Å². The molecule has 0 aromatic heterocycles. The third-order valence-corrected chi connectivity index (χ3v) is 5.77. The molecule has 0 radical (unpaired) electrons. The molecule has 1 fully saturated rings. The molecule has 148 valence electrons. The molecule has 5 nitrogen and oxygen atoms in total. The first-order valence-corrected chi connectivity index (χ1v) is 10.1. The summed E-state index contributed by atoms with van der Waals surface area (Å²) < 4.78 is 14.7. The number of nitrogens with zero attached hydrogens (tertiary/aromatic N) is 2. The van der Waals surface area contributed by atoms with E-state index < -0.39 is 0 Å². The summed E-state index contributed by atoms with van der Waals surface area (Å²) in [6.45, 7) is 8.82. The summed E-state index contributed by atoms with van der Waals surface area (Å²) in [5.41, 5.74) is 3.59. The van der Waals surface area contributed by atoms with Crippen molar-refractivity contribution < 1.29 is 9.18 Å². The highest BCUT2D eigenvalue weighted by atomic mass is 19.1. The fraction of sp³-hybridized carbons (Fsp3) is 0.409. The van der Waals surface area contributed by atoms with E-state index in [4.69, 9.17) is 0 Å². The summed E-state index contributed by atoms with van der Waals surface area (Å²) in [4.78, 5) is 17.4. The molecule has 6 heteroatoms. The average molecular weight is 382 g/mol. The number of rotatable bonds is 4. The number of hydrogen-bond acceptors (Lipinski definition) is 4. The zero-order valence-corrected chi connectivity index (χ0v) is 16.3. The van der Waals surface area contributed by atoms with E-state index in [0.717, 1.165) is 50.5 Å². The monoisotopic (exact) mass is 382 g/mol. The lowest BCUT2D eigenvalue weighted by Crippen LogP contribution is -2.46. The molecule has 2 aromatic rings.